The van der Waals surface area contributed by atoms with Gasteiger partial charge < -0.3 is 14.5 Å². The number of furan rings is 1. The van der Waals surface area contributed by atoms with E-state index in [-0.39, 0.29) is 6.54 Å². The first-order chi connectivity index (χ1) is 15.5. The van der Waals surface area contributed by atoms with Crippen LogP contribution in [-0.4, -0.2) is 40.1 Å². The van der Waals surface area contributed by atoms with Crippen molar-refractivity contribution in [2.24, 2.45) is 0 Å². The second-order valence-corrected chi connectivity index (χ2v) is 6.99. The normalized spacial score (nSPS) is 13.6. The molecule has 1 aliphatic heterocycles. The lowest BCUT2D eigenvalue weighted by Gasteiger charge is -2.14. The first-order valence-corrected chi connectivity index (χ1v) is 9.77. The number of nitrogens with zero attached hydrogens (tertiary/aromatic N) is 2. The van der Waals surface area contributed by atoms with E-state index in [9.17, 15) is 19.2 Å². The Bertz CT molecular complexity index is 1130. The average molecular weight is 433 g/mol. The van der Waals surface area contributed by atoms with Crippen LogP contribution in [0, 0.1) is 0 Å². The molecule has 1 aromatic heterocycles. The van der Waals surface area contributed by atoms with E-state index in [1.165, 1.54) is 6.26 Å². The molecule has 9 heteroatoms. The van der Waals surface area contributed by atoms with Gasteiger partial charge in [0.25, 0.3) is 0 Å². The number of rotatable bonds is 8. The van der Waals surface area contributed by atoms with E-state index in [1.54, 1.807) is 36.4 Å². The van der Waals surface area contributed by atoms with Crippen molar-refractivity contribution in [3.05, 3.63) is 84.3 Å². The molecule has 0 aliphatic carbocycles. The SMILES string of the molecule is O=C(CN1C(=O)C(=O)N(Cc2ccco2)C1=O)Nc1ccc(OCc2ccccc2)cc1. The molecule has 0 radical (unpaired) electrons. The van der Waals surface area contributed by atoms with Crippen LogP contribution in [0.3, 0.4) is 0 Å². The Balaban J connectivity index is 1.31. The molecule has 1 fully saturated rings. The summed E-state index contributed by atoms with van der Waals surface area (Å²) in [5.74, 6) is -1.70. The first kappa shape index (κ1) is 20.9. The summed E-state index contributed by atoms with van der Waals surface area (Å²) in [6, 6.07) is 18.7. The number of nitrogens with one attached hydrogen (secondary N) is 1. The van der Waals surface area contributed by atoms with Gasteiger partial charge in [-0.2, -0.15) is 0 Å². The number of urea groups is 1. The zero-order valence-electron chi connectivity index (χ0n) is 16.9. The van der Waals surface area contributed by atoms with Crippen molar-refractivity contribution >= 4 is 29.4 Å². The monoisotopic (exact) mass is 433 g/mol. The van der Waals surface area contributed by atoms with E-state index in [4.69, 9.17) is 9.15 Å². The third-order valence-electron chi connectivity index (χ3n) is 4.72. The van der Waals surface area contributed by atoms with E-state index in [1.807, 2.05) is 30.3 Å². The van der Waals surface area contributed by atoms with Crippen LogP contribution in [0.25, 0.3) is 0 Å². The summed E-state index contributed by atoms with van der Waals surface area (Å²) in [7, 11) is 0. The van der Waals surface area contributed by atoms with Gasteiger partial charge in [0.15, 0.2) is 0 Å². The highest BCUT2D eigenvalue weighted by Crippen LogP contribution is 2.19. The van der Waals surface area contributed by atoms with Crippen molar-refractivity contribution in [3.63, 3.8) is 0 Å². The fraction of sp³-hybridized carbons (Fsp3) is 0.130. The van der Waals surface area contributed by atoms with Crippen molar-refractivity contribution < 1.29 is 28.3 Å². The molecule has 5 amide bonds. The standard InChI is InChI=1S/C23H19N3O6/c27-20(14-26-22(29)21(28)25(23(26)30)13-19-7-4-12-31-19)24-17-8-10-18(11-9-17)32-15-16-5-2-1-3-6-16/h1-12H,13-15H2,(H,24,27). The average Bonchev–Trinajstić information content (AvgIpc) is 3.39. The fourth-order valence-electron chi connectivity index (χ4n) is 3.11. The molecule has 1 aliphatic rings. The van der Waals surface area contributed by atoms with Crippen LogP contribution in [-0.2, 0) is 27.5 Å². The third-order valence-corrected chi connectivity index (χ3v) is 4.72. The Morgan fingerprint density at radius 1 is 0.875 bits per heavy atom. The quantitative estimate of drug-likeness (QED) is 0.432. The molecule has 2 heterocycles. The third kappa shape index (κ3) is 4.67. The molecule has 0 atom stereocenters. The molecule has 4 rings (SSSR count). The Kier molecular flexibility index (Phi) is 5.98. The van der Waals surface area contributed by atoms with Gasteiger partial charge in [0.2, 0.25) is 5.91 Å². The maximum Gasteiger partial charge on any atom is 0.335 e. The molecule has 1 saturated heterocycles. The molecule has 0 unspecified atom stereocenters. The molecule has 1 N–H and O–H groups in total. The molecular formula is C23H19N3O6. The number of carbonyl (C=O) groups is 4. The largest absolute Gasteiger partial charge is 0.489 e. The summed E-state index contributed by atoms with van der Waals surface area (Å²) < 4.78 is 10.8. The van der Waals surface area contributed by atoms with Gasteiger partial charge in [0.05, 0.1) is 12.8 Å². The highest BCUT2D eigenvalue weighted by Gasteiger charge is 2.45. The lowest BCUT2D eigenvalue weighted by atomic mass is 10.2. The van der Waals surface area contributed by atoms with Gasteiger partial charge in [-0.1, -0.05) is 30.3 Å². The maximum absolute atomic E-state index is 12.4. The van der Waals surface area contributed by atoms with Gasteiger partial charge in [-0.3, -0.25) is 14.4 Å². The zero-order valence-corrected chi connectivity index (χ0v) is 16.9. The molecule has 0 bridgehead atoms. The molecule has 9 nitrogen and oxygen atoms in total. The van der Waals surface area contributed by atoms with E-state index < -0.39 is 30.3 Å². The zero-order chi connectivity index (χ0) is 22.5. The van der Waals surface area contributed by atoms with Crippen LogP contribution < -0.4 is 10.1 Å². The minimum atomic E-state index is -1.05. The summed E-state index contributed by atoms with van der Waals surface area (Å²) in [5.41, 5.74) is 1.49. The van der Waals surface area contributed by atoms with E-state index >= 15 is 0 Å². The van der Waals surface area contributed by atoms with Crippen LogP contribution in [0.1, 0.15) is 11.3 Å². The highest BCUT2D eigenvalue weighted by molar-refractivity contribution is 6.45. The number of ether oxygens (including phenoxy) is 1. The Morgan fingerprint density at radius 3 is 2.28 bits per heavy atom. The number of carbonyl (C=O) groups excluding carboxylic acids is 4. The molecule has 162 valence electrons. The van der Waals surface area contributed by atoms with Crippen LogP contribution in [0.4, 0.5) is 10.5 Å². The first-order valence-electron chi connectivity index (χ1n) is 9.77. The Hall–Kier alpha value is -4.40. The fourth-order valence-corrected chi connectivity index (χ4v) is 3.11. The molecule has 0 saturated carbocycles. The van der Waals surface area contributed by atoms with Crippen LogP contribution in [0.15, 0.2) is 77.4 Å². The van der Waals surface area contributed by atoms with Gasteiger partial charge in [-0.15, -0.1) is 0 Å². The van der Waals surface area contributed by atoms with Gasteiger partial charge in [0.1, 0.15) is 24.7 Å². The van der Waals surface area contributed by atoms with Crippen molar-refractivity contribution in [2.45, 2.75) is 13.2 Å². The predicted octanol–water partition coefficient (Wildman–Crippen LogP) is 2.79. The Labute approximate surface area is 183 Å². The summed E-state index contributed by atoms with van der Waals surface area (Å²) >= 11 is 0. The van der Waals surface area contributed by atoms with Crippen LogP contribution in [0.2, 0.25) is 0 Å². The predicted molar refractivity (Wildman–Crippen MR) is 112 cm³/mol. The molecular weight excluding hydrogens is 414 g/mol. The number of hydrogen-bond donors (Lipinski definition) is 1. The van der Waals surface area contributed by atoms with Crippen molar-refractivity contribution in [1.82, 2.24) is 9.80 Å². The minimum Gasteiger partial charge on any atom is -0.489 e. The summed E-state index contributed by atoms with van der Waals surface area (Å²) in [5, 5.41) is 2.60. The second-order valence-electron chi connectivity index (χ2n) is 6.99. The smallest absolute Gasteiger partial charge is 0.335 e. The molecule has 2 aromatic carbocycles. The Morgan fingerprint density at radius 2 is 1.59 bits per heavy atom. The highest BCUT2D eigenvalue weighted by atomic mass is 16.5. The topological polar surface area (TPSA) is 109 Å². The summed E-state index contributed by atoms with van der Waals surface area (Å²) in [6.45, 7) is -0.350. The van der Waals surface area contributed by atoms with Gasteiger partial charge >= 0.3 is 17.8 Å². The molecule has 3 aromatic rings. The summed E-state index contributed by atoms with van der Waals surface area (Å²) in [6.07, 6.45) is 1.39. The number of hydrogen-bond acceptors (Lipinski definition) is 6. The van der Waals surface area contributed by atoms with Crippen LogP contribution >= 0.6 is 0 Å². The molecule has 0 spiro atoms. The van der Waals surface area contributed by atoms with E-state index in [0.29, 0.717) is 28.7 Å². The van der Waals surface area contributed by atoms with Crippen molar-refractivity contribution in [1.29, 1.82) is 0 Å². The lowest BCUT2D eigenvalue weighted by molar-refractivity contribution is -0.144. The number of benzene rings is 2. The summed E-state index contributed by atoms with van der Waals surface area (Å²) in [4.78, 5) is 50.4. The number of amides is 5. The van der Waals surface area contributed by atoms with E-state index in [0.717, 1.165) is 10.5 Å². The number of imide groups is 2. The minimum absolute atomic E-state index is 0.182. The van der Waals surface area contributed by atoms with Gasteiger partial charge in [-0.05, 0) is 42.0 Å². The van der Waals surface area contributed by atoms with E-state index in [2.05, 4.69) is 5.32 Å². The van der Waals surface area contributed by atoms with Crippen LogP contribution in [0.5, 0.6) is 5.75 Å². The van der Waals surface area contributed by atoms with Gasteiger partial charge in [0, 0.05) is 5.69 Å². The molecule has 32 heavy (non-hydrogen) atoms. The van der Waals surface area contributed by atoms with Crippen molar-refractivity contribution in [2.75, 3.05) is 11.9 Å². The second kappa shape index (κ2) is 9.17. The maximum atomic E-state index is 12.4. The number of anilines is 1. The van der Waals surface area contributed by atoms with Crippen molar-refractivity contribution in [3.8, 4) is 5.75 Å². The van der Waals surface area contributed by atoms with Gasteiger partial charge in [-0.25, -0.2) is 14.6 Å². The lowest BCUT2D eigenvalue weighted by Crippen LogP contribution is -2.38.